The zero-order valence-corrected chi connectivity index (χ0v) is 13.2. The van der Waals surface area contributed by atoms with Gasteiger partial charge in [-0.15, -0.1) is 16.4 Å². The first kappa shape index (κ1) is 14.1. The van der Waals surface area contributed by atoms with Gasteiger partial charge in [0.05, 0.1) is 12.5 Å². The Morgan fingerprint density at radius 3 is 3.00 bits per heavy atom. The van der Waals surface area contributed by atoms with Gasteiger partial charge in [0.1, 0.15) is 0 Å². The molecule has 0 atom stereocenters. The Labute approximate surface area is 137 Å². The van der Waals surface area contributed by atoms with Gasteiger partial charge in [0, 0.05) is 16.1 Å². The molecular formula is C16H15N5OS. The van der Waals surface area contributed by atoms with Gasteiger partial charge in [-0.3, -0.25) is 4.79 Å². The fourth-order valence-corrected chi connectivity index (χ4v) is 3.16. The van der Waals surface area contributed by atoms with Crippen molar-refractivity contribution in [3.05, 3.63) is 46.7 Å². The Hall–Kier alpha value is -2.54. The summed E-state index contributed by atoms with van der Waals surface area (Å²) in [6, 6.07) is 12.0. The Balaban J connectivity index is 1.52. The molecule has 1 N–H and O–H groups in total. The normalized spacial score (nSPS) is 13.9. The molecule has 116 valence electrons. The first-order valence-corrected chi connectivity index (χ1v) is 8.38. The molecule has 1 amide bonds. The van der Waals surface area contributed by atoms with Gasteiger partial charge in [-0.25, -0.2) is 4.68 Å². The molecular weight excluding hydrogens is 310 g/mol. The van der Waals surface area contributed by atoms with Crippen LogP contribution in [-0.2, 0) is 11.2 Å². The number of carbonyl (C=O) groups excluding carboxylic acids is 1. The number of hydrogen-bond acceptors (Lipinski definition) is 5. The van der Waals surface area contributed by atoms with Gasteiger partial charge in [-0.2, -0.15) is 0 Å². The molecule has 1 aromatic carbocycles. The number of aromatic nitrogens is 4. The second kappa shape index (κ2) is 5.92. The third kappa shape index (κ3) is 3.14. The molecule has 7 heteroatoms. The Kier molecular flexibility index (Phi) is 3.63. The number of nitrogens with zero attached hydrogens (tertiary/aromatic N) is 4. The molecule has 6 nitrogen and oxygen atoms in total. The summed E-state index contributed by atoms with van der Waals surface area (Å²) in [5.74, 6) is 0.730. The predicted octanol–water partition coefficient (Wildman–Crippen LogP) is 2.92. The first-order chi connectivity index (χ1) is 11.3. The van der Waals surface area contributed by atoms with Crippen molar-refractivity contribution >= 4 is 22.9 Å². The number of rotatable bonds is 5. The van der Waals surface area contributed by atoms with Crippen LogP contribution in [0.4, 0.5) is 5.69 Å². The quantitative estimate of drug-likeness (QED) is 0.783. The molecule has 23 heavy (non-hydrogen) atoms. The van der Waals surface area contributed by atoms with Crippen molar-refractivity contribution in [2.75, 3.05) is 5.32 Å². The number of amides is 1. The number of benzene rings is 1. The summed E-state index contributed by atoms with van der Waals surface area (Å²) in [6.45, 7) is 0. The molecule has 1 aliphatic carbocycles. The van der Waals surface area contributed by atoms with E-state index in [-0.39, 0.29) is 5.91 Å². The van der Waals surface area contributed by atoms with Gasteiger partial charge in [-0.1, -0.05) is 18.2 Å². The van der Waals surface area contributed by atoms with Gasteiger partial charge in [0.2, 0.25) is 5.91 Å². The summed E-state index contributed by atoms with van der Waals surface area (Å²) >= 11 is 1.58. The predicted molar refractivity (Wildman–Crippen MR) is 88.2 cm³/mol. The van der Waals surface area contributed by atoms with Crippen molar-refractivity contribution in [3.63, 3.8) is 0 Å². The largest absolute Gasteiger partial charge is 0.326 e. The van der Waals surface area contributed by atoms with Crippen LogP contribution in [0, 0.1) is 0 Å². The van der Waals surface area contributed by atoms with Crippen LogP contribution in [0.1, 0.15) is 23.8 Å². The molecule has 0 saturated heterocycles. The summed E-state index contributed by atoms with van der Waals surface area (Å²) in [4.78, 5) is 13.2. The van der Waals surface area contributed by atoms with Crippen molar-refractivity contribution in [2.24, 2.45) is 0 Å². The molecule has 1 saturated carbocycles. The summed E-state index contributed by atoms with van der Waals surface area (Å²) in [7, 11) is 0. The van der Waals surface area contributed by atoms with Crippen LogP contribution in [0.2, 0.25) is 0 Å². The minimum Gasteiger partial charge on any atom is -0.326 e. The highest BCUT2D eigenvalue weighted by molar-refractivity contribution is 7.10. The fourth-order valence-electron chi connectivity index (χ4n) is 2.46. The van der Waals surface area contributed by atoms with Crippen LogP contribution in [0.15, 0.2) is 41.8 Å². The van der Waals surface area contributed by atoms with E-state index in [2.05, 4.69) is 20.8 Å². The van der Waals surface area contributed by atoms with Crippen molar-refractivity contribution in [1.29, 1.82) is 0 Å². The highest BCUT2D eigenvalue weighted by atomic mass is 32.1. The van der Waals surface area contributed by atoms with Crippen LogP contribution >= 0.6 is 11.3 Å². The lowest BCUT2D eigenvalue weighted by molar-refractivity contribution is -0.115. The lowest BCUT2D eigenvalue weighted by Crippen LogP contribution is -2.13. The highest BCUT2D eigenvalue weighted by Gasteiger charge is 2.28. The maximum Gasteiger partial charge on any atom is 0.229 e. The maximum absolute atomic E-state index is 12.1. The minimum absolute atomic E-state index is 0.0219. The third-order valence-electron chi connectivity index (χ3n) is 3.70. The molecule has 0 unspecified atom stereocenters. The standard InChI is InChI=1S/C16H15N5OS/c22-15(10-14-5-2-8-23-14)17-12-4-1-3-11(9-12)16-18-19-20-21(16)13-6-7-13/h1-5,8-9,13H,6-7,10H2,(H,17,22). The van der Waals surface area contributed by atoms with Crippen LogP contribution in [0.3, 0.4) is 0 Å². The summed E-state index contributed by atoms with van der Waals surface area (Å²) in [5, 5.41) is 16.9. The molecule has 4 rings (SSSR count). The number of nitrogens with one attached hydrogen (secondary N) is 1. The van der Waals surface area contributed by atoms with E-state index < -0.39 is 0 Å². The molecule has 1 aliphatic rings. The molecule has 2 aromatic heterocycles. The van der Waals surface area contributed by atoms with E-state index >= 15 is 0 Å². The Morgan fingerprint density at radius 1 is 1.30 bits per heavy atom. The van der Waals surface area contributed by atoms with Crippen LogP contribution < -0.4 is 5.32 Å². The maximum atomic E-state index is 12.1. The van der Waals surface area contributed by atoms with E-state index in [0.29, 0.717) is 12.5 Å². The lowest BCUT2D eigenvalue weighted by Gasteiger charge is -2.07. The molecule has 1 fully saturated rings. The van der Waals surface area contributed by atoms with Crippen LogP contribution in [0.5, 0.6) is 0 Å². The van der Waals surface area contributed by atoms with E-state index in [9.17, 15) is 4.79 Å². The fraction of sp³-hybridized carbons (Fsp3) is 0.250. The van der Waals surface area contributed by atoms with E-state index in [4.69, 9.17) is 0 Å². The molecule has 0 radical (unpaired) electrons. The van der Waals surface area contributed by atoms with Gasteiger partial charge in [0.15, 0.2) is 5.82 Å². The monoisotopic (exact) mass is 325 g/mol. The zero-order valence-electron chi connectivity index (χ0n) is 12.3. The molecule has 3 aromatic rings. The van der Waals surface area contributed by atoms with Crippen molar-refractivity contribution in [1.82, 2.24) is 20.2 Å². The first-order valence-electron chi connectivity index (χ1n) is 7.50. The molecule has 0 aliphatic heterocycles. The van der Waals surface area contributed by atoms with Crippen molar-refractivity contribution < 1.29 is 4.79 Å². The number of tetrazole rings is 1. The average molecular weight is 325 g/mol. The lowest BCUT2D eigenvalue weighted by atomic mass is 10.2. The number of hydrogen-bond donors (Lipinski definition) is 1. The van der Waals surface area contributed by atoms with E-state index in [1.807, 2.05) is 46.5 Å². The van der Waals surface area contributed by atoms with E-state index in [0.717, 1.165) is 34.8 Å². The molecule has 2 heterocycles. The summed E-state index contributed by atoms with van der Waals surface area (Å²) < 4.78 is 1.87. The second-order valence-corrected chi connectivity index (χ2v) is 6.60. The van der Waals surface area contributed by atoms with E-state index in [1.54, 1.807) is 11.3 Å². The number of anilines is 1. The smallest absolute Gasteiger partial charge is 0.229 e. The van der Waals surface area contributed by atoms with Crippen LogP contribution in [-0.4, -0.2) is 26.1 Å². The highest BCUT2D eigenvalue weighted by Crippen LogP contribution is 2.36. The van der Waals surface area contributed by atoms with Gasteiger partial charge < -0.3 is 5.32 Å². The average Bonchev–Trinajstić information content (AvgIpc) is 3.06. The Bertz CT molecular complexity index is 823. The van der Waals surface area contributed by atoms with Gasteiger partial charge in [-0.05, 0) is 46.8 Å². The van der Waals surface area contributed by atoms with Crippen molar-refractivity contribution in [2.45, 2.75) is 25.3 Å². The van der Waals surface area contributed by atoms with Crippen LogP contribution in [0.25, 0.3) is 11.4 Å². The summed E-state index contributed by atoms with van der Waals surface area (Å²) in [5.41, 5.74) is 1.67. The van der Waals surface area contributed by atoms with Gasteiger partial charge in [0.25, 0.3) is 0 Å². The van der Waals surface area contributed by atoms with Gasteiger partial charge >= 0.3 is 0 Å². The zero-order chi connectivity index (χ0) is 15.6. The summed E-state index contributed by atoms with van der Waals surface area (Å²) in [6.07, 6.45) is 2.63. The number of thiophene rings is 1. The minimum atomic E-state index is -0.0219. The second-order valence-electron chi connectivity index (χ2n) is 5.56. The molecule has 0 spiro atoms. The topological polar surface area (TPSA) is 72.7 Å². The third-order valence-corrected chi connectivity index (χ3v) is 4.58. The SMILES string of the molecule is O=C(Cc1cccs1)Nc1cccc(-c2nnnn2C2CC2)c1. The molecule has 0 bridgehead atoms. The van der Waals surface area contributed by atoms with E-state index in [1.165, 1.54) is 0 Å². The van der Waals surface area contributed by atoms with Crippen molar-refractivity contribution in [3.8, 4) is 11.4 Å². The Morgan fingerprint density at radius 2 is 2.22 bits per heavy atom. The number of carbonyl (C=O) groups is 1.